The van der Waals surface area contributed by atoms with Gasteiger partial charge in [-0.25, -0.2) is 0 Å². The number of likely N-dealkylation sites (tertiary alicyclic amines) is 1. The minimum absolute atomic E-state index is 0.376. The molecule has 0 saturated carbocycles. The van der Waals surface area contributed by atoms with Gasteiger partial charge in [0.1, 0.15) is 0 Å². The SMILES string of the molecule is CC(N)CCCCN1CCC(C(C)(C)C)C1. The van der Waals surface area contributed by atoms with Gasteiger partial charge in [-0.1, -0.05) is 27.2 Å². The number of nitrogens with two attached hydrogens (primary N) is 1. The highest BCUT2D eigenvalue weighted by atomic mass is 15.1. The van der Waals surface area contributed by atoms with Gasteiger partial charge in [-0.15, -0.1) is 0 Å². The summed E-state index contributed by atoms with van der Waals surface area (Å²) in [5.74, 6) is 0.890. The Morgan fingerprint density at radius 1 is 1.31 bits per heavy atom. The fourth-order valence-electron chi connectivity index (χ4n) is 2.54. The van der Waals surface area contributed by atoms with Crippen LogP contribution in [0.2, 0.25) is 0 Å². The second-order valence-electron chi connectivity index (χ2n) is 6.63. The zero-order valence-electron chi connectivity index (χ0n) is 11.6. The van der Waals surface area contributed by atoms with Crippen LogP contribution in [-0.2, 0) is 0 Å². The van der Waals surface area contributed by atoms with Gasteiger partial charge in [-0.3, -0.25) is 0 Å². The lowest BCUT2D eigenvalue weighted by atomic mass is 9.80. The van der Waals surface area contributed by atoms with Crippen molar-refractivity contribution in [3.8, 4) is 0 Å². The first-order valence-electron chi connectivity index (χ1n) is 6.87. The average molecular weight is 226 g/mol. The highest BCUT2D eigenvalue weighted by Gasteiger charge is 2.31. The van der Waals surface area contributed by atoms with Crippen molar-refractivity contribution >= 4 is 0 Å². The molecular weight excluding hydrogens is 196 g/mol. The first-order chi connectivity index (χ1) is 7.39. The number of hydrogen-bond acceptors (Lipinski definition) is 2. The molecule has 2 unspecified atom stereocenters. The quantitative estimate of drug-likeness (QED) is 0.730. The number of unbranched alkanes of at least 4 members (excludes halogenated alkanes) is 1. The molecule has 0 amide bonds. The Morgan fingerprint density at radius 2 is 2.00 bits per heavy atom. The van der Waals surface area contributed by atoms with Crippen molar-refractivity contribution in [2.45, 2.75) is 59.4 Å². The summed E-state index contributed by atoms with van der Waals surface area (Å²) in [7, 11) is 0. The van der Waals surface area contributed by atoms with E-state index in [-0.39, 0.29) is 0 Å². The van der Waals surface area contributed by atoms with Crippen molar-refractivity contribution in [2.75, 3.05) is 19.6 Å². The first kappa shape index (κ1) is 14.0. The van der Waals surface area contributed by atoms with Crippen molar-refractivity contribution in [1.82, 2.24) is 4.90 Å². The van der Waals surface area contributed by atoms with Gasteiger partial charge < -0.3 is 10.6 Å². The molecule has 2 atom stereocenters. The molecule has 16 heavy (non-hydrogen) atoms. The summed E-state index contributed by atoms with van der Waals surface area (Å²) in [6.07, 6.45) is 5.17. The molecule has 0 aromatic heterocycles. The normalized spacial score (nSPS) is 24.9. The van der Waals surface area contributed by atoms with E-state index in [1.165, 1.54) is 45.3 Å². The summed E-state index contributed by atoms with van der Waals surface area (Å²) in [6.45, 7) is 13.1. The van der Waals surface area contributed by atoms with Crippen molar-refractivity contribution in [1.29, 1.82) is 0 Å². The van der Waals surface area contributed by atoms with Gasteiger partial charge in [0.15, 0.2) is 0 Å². The number of nitrogens with zero attached hydrogens (tertiary/aromatic N) is 1. The minimum Gasteiger partial charge on any atom is -0.328 e. The Kier molecular flexibility index (Phi) is 5.26. The molecule has 2 N–H and O–H groups in total. The van der Waals surface area contributed by atoms with Crippen LogP contribution in [0.15, 0.2) is 0 Å². The molecule has 0 radical (unpaired) electrons. The third-order valence-electron chi connectivity index (χ3n) is 3.88. The monoisotopic (exact) mass is 226 g/mol. The van der Waals surface area contributed by atoms with E-state index in [2.05, 4.69) is 32.6 Å². The smallest absolute Gasteiger partial charge is 0.00151 e. The Labute approximate surface area is 102 Å². The standard InChI is InChI=1S/C14H30N2/c1-12(15)7-5-6-9-16-10-8-13(11-16)14(2,3)4/h12-13H,5-11,15H2,1-4H3. The van der Waals surface area contributed by atoms with Crippen LogP contribution < -0.4 is 5.73 Å². The van der Waals surface area contributed by atoms with Crippen molar-refractivity contribution in [3.63, 3.8) is 0 Å². The summed E-state index contributed by atoms with van der Waals surface area (Å²) in [5.41, 5.74) is 6.24. The maximum Gasteiger partial charge on any atom is 0.00151 e. The third kappa shape index (κ3) is 4.84. The lowest BCUT2D eigenvalue weighted by molar-refractivity contribution is 0.227. The van der Waals surface area contributed by atoms with Crippen molar-refractivity contribution in [2.24, 2.45) is 17.1 Å². The molecule has 96 valence electrons. The van der Waals surface area contributed by atoms with Gasteiger partial charge in [0, 0.05) is 12.6 Å². The average Bonchev–Trinajstić information content (AvgIpc) is 2.59. The summed E-state index contributed by atoms with van der Waals surface area (Å²) < 4.78 is 0. The Morgan fingerprint density at radius 3 is 2.50 bits per heavy atom. The summed E-state index contributed by atoms with van der Waals surface area (Å²) in [5, 5.41) is 0. The molecule has 1 aliphatic rings. The Balaban J connectivity index is 2.12. The fraction of sp³-hybridized carbons (Fsp3) is 1.00. The summed E-state index contributed by atoms with van der Waals surface area (Å²) in [6, 6.07) is 0.376. The molecular formula is C14H30N2. The molecule has 0 bridgehead atoms. The summed E-state index contributed by atoms with van der Waals surface area (Å²) in [4.78, 5) is 2.64. The van der Waals surface area contributed by atoms with Crippen molar-refractivity contribution < 1.29 is 0 Å². The van der Waals surface area contributed by atoms with Gasteiger partial charge in [0.05, 0.1) is 0 Å². The molecule has 2 heteroatoms. The van der Waals surface area contributed by atoms with Gasteiger partial charge in [-0.2, -0.15) is 0 Å². The number of rotatable bonds is 5. The number of hydrogen-bond donors (Lipinski definition) is 1. The van der Waals surface area contributed by atoms with Crippen LogP contribution in [0.3, 0.4) is 0 Å². The zero-order valence-corrected chi connectivity index (χ0v) is 11.6. The largest absolute Gasteiger partial charge is 0.328 e. The molecule has 1 fully saturated rings. The van der Waals surface area contributed by atoms with Crippen LogP contribution in [0, 0.1) is 11.3 Å². The maximum absolute atomic E-state index is 5.75. The molecule has 0 aromatic carbocycles. The van der Waals surface area contributed by atoms with Crippen LogP contribution in [0.1, 0.15) is 53.4 Å². The van der Waals surface area contributed by atoms with Gasteiger partial charge in [0.25, 0.3) is 0 Å². The van der Waals surface area contributed by atoms with E-state index in [9.17, 15) is 0 Å². The van der Waals surface area contributed by atoms with E-state index < -0.39 is 0 Å². The molecule has 0 aliphatic carbocycles. The Hall–Kier alpha value is -0.0800. The third-order valence-corrected chi connectivity index (χ3v) is 3.88. The second-order valence-corrected chi connectivity index (χ2v) is 6.63. The maximum atomic E-state index is 5.75. The van der Waals surface area contributed by atoms with Crippen LogP contribution in [0.4, 0.5) is 0 Å². The predicted molar refractivity (Wildman–Crippen MR) is 71.5 cm³/mol. The van der Waals surface area contributed by atoms with Crippen LogP contribution in [-0.4, -0.2) is 30.6 Å². The summed E-state index contributed by atoms with van der Waals surface area (Å²) >= 11 is 0. The first-order valence-corrected chi connectivity index (χ1v) is 6.87. The van der Waals surface area contributed by atoms with Crippen LogP contribution >= 0.6 is 0 Å². The van der Waals surface area contributed by atoms with E-state index in [4.69, 9.17) is 5.73 Å². The van der Waals surface area contributed by atoms with E-state index in [1.807, 2.05) is 0 Å². The molecule has 0 spiro atoms. The van der Waals surface area contributed by atoms with Crippen LogP contribution in [0.5, 0.6) is 0 Å². The van der Waals surface area contributed by atoms with Crippen molar-refractivity contribution in [3.05, 3.63) is 0 Å². The molecule has 1 heterocycles. The van der Waals surface area contributed by atoms with Gasteiger partial charge in [-0.05, 0) is 50.6 Å². The minimum atomic E-state index is 0.376. The molecule has 2 nitrogen and oxygen atoms in total. The van der Waals surface area contributed by atoms with Crippen LogP contribution in [0.25, 0.3) is 0 Å². The zero-order chi connectivity index (χ0) is 12.2. The Bertz CT molecular complexity index is 193. The second kappa shape index (κ2) is 6.02. The highest BCUT2D eigenvalue weighted by Crippen LogP contribution is 2.33. The molecule has 0 aromatic rings. The van der Waals surface area contributed by atoms with E-state index in [0.717, 1.165) is 5.92 Å². The van der Waals surface area contributed by atoms with E-state index in [0.29, 0.717) is 11.5 Å². The molecule has 1 rings (SSSR count). The topological polar surface area (TPSA) is 29.3 Å². The lowest BCUT2D eigenvalue weighted by Gasteiger charge is -2.27. The van der Waals surface area contributed by atoms with E-state index in [1.54, 1.807) is 0 Å². The lowest BCUT2D eigenvalue weighted by Crippen LogP contribution is -2.27. The van der Waals surface area contributed by atoms with Gasteiger partial charge >= 0.3 is 0 Å². The fourth-order valence-corrected chi connectivity index (χ4v) is 2.54. The molecule has 1 saturated heterocycles. The highest BCUT2D eigenvalue weighted by molar-refractivity contribution is 4.83. The predicted octanol–water partition coefficient (Wildman–Crippen LogP) is 2.87. The van der Waals surface area contributed by atoms with Gasteiger partial charge in [0.2, 0.25) is 0 Å². The van der Waals surface area contributed by atoms with E-state index >= 15 is 0 Å². The molecule has 1 aliphatic heterocycles.